The quantitative estimate of drug-likeness (QED) is 0.535. The van der Waals surface area contributed by atoms with Crippen molar-refractivity contribution in [3.8, 4) is 0 Å². The molecule has 0 aliphatic carbocycles. The molecule has 0 bridgehead atoms. The molecule has 9 nitrogen and oxygen atoms in total. The molecule has 0 unspecified atom stereocenters. The largest absolute Gasteiger partial charge is 0.449 e. The van der Waals surface area contributed by atoms with Crippen LogP contribution in [0.25, 0.3) is 0 Å². The van der Waals surface area contributed by atoms with E-state index < -0.39 is 49.4 Å². The van der Waals surface area contributed by atoms with Crippen molar-refractivity contribution < 1.29 is 38.4 Å². The van der Waals surface area contributed by atoms with Gasteiger partial charge in [-0.15, -0.1) is 0 Å². The molecule has 1 aliphatic rings. The number of rotatable bonds is 9. The Kier molecular flexibility index (Phi) is 9.41. The molecule has 0 spiro atoms. The van der Waals surface area contributed by atoms with Gasteiger partial charge in [-0.25, -0.2) is 9.59 Å². The van der Waals surface area contributed by atoms with Crippen LogP contribution in [0.2, 0.25) is 0 Å². The molecule has 5 atom stereocenters. The number of benzene rings is 2. The van der Waals surface area contributed by atoms with Crippen molar-refractivity contribution >= 4 is 12.1 Å². The molecule has 0 radical (unpaired) electrons. The van der Waals surface area contributed by atoms with Gasteiger partial charge in [0, 0.05) is 13.2 Å². The molecule has 1 heterocycles. The lowest BCUT2D eigenvalue weighted by atomic mass is 9.98. The van der Waals surface area contributed by atoms with Crippen LogP contribution < -0.4 is 5.32 Å². The van der Waals surface area contributed by atoms with Gasteiger partial charge in [0.1, 0.15) is 12.2 Å². The van der Waals surface area contributed by atoms with Crippen molar-refractivity contribution in [1.82, 2.24) is 5.32 Å². The zero-order valence-electron chi connectivity index (χ0n) is 19.5. The summed E-state index contributed by atoms with van der Waals surface area (Å²) in [5, 5.41) is 12.6. The SMILES string of the molecule is CO[C@@H]1O[C@H](CO)[C@@H](OCc2ccccc2)[C@H](OC(=O)NC(C)C)[C@H]1OC(=O)c1ccccc1. The van der Waals surface area contributed by atoms with E-state index >= 15 is 0 Å². The van der Waals surface area contributed by atoms with Gasteiger partial charge < -0.3 is 34.1 Å². The third kappa shape index (κ3) is 6.77. The standard InChI is InChI=1S/C25H31NO8/c1-16(2)26-25(29)34-21-20(31-15-17-10-6-4-7-11-17)19(14-27)32-24(30-3)22(21)33-23(28)18-12-8-5-9-13-18/h4-13,16,19-22,24,27H,14-15H2,1-3H3,(H,26,29)/t19-,20-,21+,22-,24-/m1/s1. The van der Waals surface area contributed by atoms with E-state index in [1.165, 1.54) is 7.11 Å². The van der Waals surface area contributed by atoms with Crippen LogP contribution in [0.4, 0.5) is 4.79 Å². The number of amides is 1. The Morgan fingerprint density at radius 1 is 0.971 bits per heavy atom. The predicted octanol–water partition coefficient (Wildman–Crippen LogP) is 2.66. The highest BCUT2D eigenvalue weighted by Crippen LogP contribution is 2.30. The summed E-state index contributed by atoms with van der Waals surface area (Å²) in [5.74, 6) is -0.640. The summed E-state index contributed by atoms with van der Waals surface area (Å²) in [6.45, 7) is 3.31. The maximum Gasteiger partial charge on any atom is 0.407 e. The minimum atomic E-state index is -1.15. The number of carbonyl (C=O) groups excluding carboxylic acids is 2. The minimum absolute atomic E-state index is 0.161. The number of esters is 1. The third-order valence-corrected chi connectivity index (χ3v) is 5.19. The van der Waals surface area contributed by atoms with Crippen LogP contribution in [-0.2, 0) is 30.3 Å². The smallest absolute Gasteiger partial charge is 0.407 e. The van der Waals surface area contributed by atoms with Gasteiger partial charge in [-0.1, -0.05) is 48.5 Å². The topological polar surface area (TPSA) is 113 Å². The molecule has 1 saturated heterocycles. The minimum Gasteiger partial charge on any atom is -0.449 e. The molecular formula is C25H31NO8. The van der Waals surface area contributed by atoms with Gasteiger partial charge in [-0.3, -0.25) is 0 Å². The van der Waals surface area contributed by atoms with E-state index in [2.05, 4.69) is 5.32 Å². The lowest BCUT2D eigenvalue weighted by molar-refractivity contribution is -0.301. The van der Waals surface area contributed by atoms with E-state index in [9.17, 15) is 14.7 Å². The van der Waals surface area contributed by atoms with Crippen molar-refractivity contribution in [2.24, 2.45) is 0 Å². The first-order chi connectivity index (χ1) is 16.4. The summed E-state index contributed by atoms with van der Waals surface area (Å²) in [4.78, 5) is 25.4. The molecule has 0 saturated carbocycles. The number of nitrogens with one attached hydrogen (secondary N) is 1. The summed E-state index contributed by atoms with van der Waals surface area (Å²) in [7, 11) is 1.37. The van der Waals surface area contributed by atoms with Crippen molar-refractivity contribution in [3.05, 3.63) is 71.8 Å². The second-order valence-corrected chi connectivity index (χ2v) is 8.13. The monoisotopic (exact) mass is 473 g/mol. The molecule has 3 rings (SSSR count). The van der Waals surface area contributed by atoms with Crippen molar-refractivity contribution in [2.75, 3.05) is 13.7 Å². The fourth-order valence-corrected chi connectivity index (χ4v) is 3.60. The van der Waals surface area contributed by atoms with Crippen molar-refractivity contribution in [3.63, 3.8) is 0 Å². The normalized spacial score (nSPS) is 24.4. The predicted molar refractivity (Wildman–Crippen MR) is 122 cm³/mol. The first-order valence-electron chi connectivity index (χ1n) is 11.1. The van der Waals surface area contributed by atoms with Crippen LogP contribution in [0.15, 0.2) is 60.7 Å². The highest BCUT2D eigenvalue weighted by Gasteiger charge is 2.51. The Morgan fingerprint density at radius 3 is 2.21 bits per heavy atom. The van der Waals surface area contributed by atoms with Gasteiger partial charge >= 0.3 is 12.1 Å². The summed E-state index contributed by atoms with van der Waals surface area (Å²) in [6, 6.07) is 17.6. The lowest BCUT2D eigenvalue weighted by Gasteiger charge is -2.44. The molecule has 34 heavy (non-hydrogen) atoms. The number of ether oxygens (including phenoxy) is 5. The van der Waals surface area contributed by atoms with Gasteiger partial charge in [0.05, 0.1) is 18.8 Å². The first kappa shape index (κ1) is 25.6. The van der Waals surface area contributed by atoms with Crippen molar-refractivity contribution in [2.45, 2.75) is 57.2 Å². The van der Waals surface area contributed by atoms with E-state index in [4.69, 9.17) is 23.7 Å². The molecule has 184 valence electrons. The lowest BCUT2D eigenvalue weighted by Crippen LogP contribution is -2.62. The number of hydrogen-bond donors (Lipinski definition) is 2. The third-order valence-electron chi connectivity index (χ3n) is 5.19. The number of hydrogen-bond acceptors (Lipinski definition) is 8. The molecule has 0 aromatic heterocycles. The maximum absolute atomic E-state index is 12.8. The highest BCUT2D eigenvalue weighted by atomic mass is 16.7. The van der Waals surface area contributed by atoms with Gasteiger partial charge in [-0.2, -0.15) is 0 Å². The van der Waals surface area contributed by atoms with Crippen molar-refractivity contribution in [1.29, 1.82) is 0 Å². The van der Waals surface area contributed by atoms with Gasteiger partial charge in [0.2, 0.25) is 0 Å². The molecule has 2 aromatic rings. The molecule has 1 fully saturated rings. The van der Waals surface area contributed by atoms with Crippen LogP contribution in [0.5, 0.6) is 0 Å². The molecular weight excluding hydrogens is 442 g/mol. The van der Waals surface area contributed by atoms with Crippen LogP contribution in [-0.4, -0.2) is 67.6 Å². The van der Waals surface area contributed by atoms with Gasteiger partial charge in [-0.05, 0) is 31.5 Å². The number of aliphatic hydroxyl groups is 1. The molecule has 2 aromatic carbocycles. The van der Waals surface area contributed by atoms with Crippen LogP contribution in [0.3, 0.4) is 0 Å². The Labute approximate surface area is 198 Å². The molecule has 9 heteroatoms. The van der Waals surface area contributed by atoms with Crippen LogP contribution >= 0.6 is 0 Å². The van der Waals surface area contributed by atoms with E-state index in [-0.39, 0.29) is 12.6 Å². The Hall–Kier alpha value is -2.98. The zero-order chi connectivity index (χ0) is 24.5. The number of methoxy groups -OCH3 is 1. The summed E-state index contributed by atoms with van der Waals surface area (Å²) in [6.07, 6.45) is -5.92. The summed E-state index contributed by atoms with van der Waals surface area (Å²) < 4.78 is 28.7. The van der Waals surface area contributed by atoms with E-state index in [0.29, 0.717) is 5.56 Å². The number of alkyl carbamates (subject to hydrolysis) is 1. The molecule has 1 amide bonds. The highest BCUT2D eigenvalue weighted by molar-refractivity contribution is 5.89. The van der Waals surface area contributed by atoms with E-state index in [0.717, 1.165) is 5.56 Å². The Balaban J connectivity index is 1.89. The van der Waals surface area contributed by atoms with E-state index in [1.807, 2.05) is 30.3 Å². The summed E-state index contributed by atoms with van der Waals surface area (Å²) in [5.41, 5.74) is 1.19. The van der Waals surface area contributed by atoms with Crippen LogP contribution in [0.1, 0.15) is 29.8 Å². The Morgan fingerprint density at radius 2 is 1.62 bits per heavy atom. The van der Waals surface area contributed by atoms with Crippen LogP contribution in [0, 0.1) is 0 Å². The number of carbonyl (C=O) groups is 2. The fraction of sp³-hybridized carbons (Fsp3) is 0.440. The van der Waals surface area contributed by atoms with Gasteiger partial charge in [0.15, 0.2) is 18.5 Å². The molecule has 2 N–H and O–H groups in total. The molecule has 1 aliphatic heterocycles. The van der Waals surface area contributed by atoms with E-state index in [1.54, 1.807) is 44.2 Å². The zero-order valence-corrected chi connectivity index (χ0v) is 19.5. The maximum atomic E-state index is 12.8. The fourth-order valence-electron chi connectivity index (χ4n) is 3.60. The number of aliphatic hydroxyl groups excluding tert-OH is 1. The summed E-state index contributed by atoms with van der Waals surface area (Å²) >= 11 is 0. The van der Waals surface area contributed by atoms with Gasteiger partial charge in [0.25, 0.3) is 0 Å². The second kappa shape index (κ2) is 12.5. The average molecular weight is 474 g/mol. The average Bonchev–Trinajstić information content (AvgIpc) is 2.84. The Bertz CT molecular complexity index is 908. The second-order valence-electron chi connectivity index (χ2n) is 8.13. The first-order valence-corrected chi connectivity index (χ1v) is 11.1.